The third-order valence-corrected chi connectivity index (χ3v) is 1.36. The van der Waals surface area contributed by atoms with Gasteiger partial charge in [-0.1, -0.05) is 0 Å². The van der Waals surface area contributed by atoms with Crippen LogP contribution in [-0.2, 0) is 14.3 Å². The van der Waals surface area contributed by atoms with Gasteiger partial charge in [-0.05, 0) is 6.92 Å². The van der Waals surface area contributed by atoms with E-state index in [4.69, 9.17) is 5.73 Å². The van der Waals surface area contributed by atoms with E-state index in [0.717, 1.165) is 0 Å². The number of hydrogen-bond donors (Lipinski definition) is 2. The molecule has 0 heterocycles. The van der Waals surface area contributed by atoms with Gasteiger partial charge in [0, 0.05) is 6.42 Å². The van der Waals surface area contributed by atoms with Crippen LogP contribution in [0.3, 0.4) is 0 Å². The Hall–Kier alpha value is -1.17. The van der Waals surface area contributed by atoms with Crippen molar-refractivity contribution in [2.24, 2.45) is 11.5 Å². The molecule has 0 saturated carbocycles. The van der Waals surface area contributed by atoms with Crippen molar-refractivity contribution < 1.29 is 18.7 Å². The molecule has 0 saturated heterocycles. The van der Waals surface area contributed by atoms with Gasteiger partial charge in [0.15, 0.2) is 6.17 Å². The average molecular weight is 192 g/mol. The van der Waals surface area contributed by atoms with Crippen molar-refractivity contribution in [2.45, 2.75) is 25.6 Å². The first-order valence-corrected chi connectivity index (χ1v) is 3.84. The Bertz CT molecular complexity index is 198. The standard InChI is InChI=1S/C7H13FN2O3/c1-2-13-7(12)5(9)3-4(8)6(10)11/h4-5H,2-3,9H2,1H3,(H2,10,11)/t4-,5+/m1/s1. The molecule has 0 aliphatic heterocycles. The second-order valence-corrected chi connectivity index (χ2v) is 2.46. The van der Waals surface area contributed by atoms with Crippen LogP contribution in [0.1, 0.15) is 13.3 Å². The fourth-order valence-electron chi connectivity index (χ4n) is 0.685. The van der Waals surface area contributed by atoms with Crippen LogP contribution in [0, 0.1) is 0 Å². The van der Waals surface area contributed by atoms with Crippen molar-refractivity contribution in [2.75, 3.05) is 6.61 Å². The molecule has 0 radical (unpaired) electrons. The Morgan fingerprint density at radius 2 is 2.08 bits per heavy atom. The number of ether oxygens (including phenoxy) is 1. The number of rotatable bonds is 5. The fraction of sp³-hybridized carbons (Fsp3) is 0.714. The molecule has 1 amide bonds. The Labute approximate surface area is 75.2 Å². The van der Waals surface area contributed by atoms with Crippen LogP contribution in [0.25, 0.3) is 0 Å². The summed E-state index contributed by atoms with van der Waals surface area (Å²) in [7, 11) is 0. The van der Waals surface area contributed by atoms with Gasteiger partial charge in [-0.2, -0.15) is 0 Å². The van der Waals surface area contributed by atoms with Gasteiger partial charge in [-0.15, -0.1) is 0 Å². The van der Waals surface area contributed by atoms with Crippen LogP contribution in [0.5, 0.6) is 0 Å². The predicted octanol–water partition coefficient (Wildman–Crippen LogP) is -0.910. The van der Waals surface area contributed by atoms with Gasteiger partial charge in [-0.3, -0.25) is 9.59 Å². The molecular weight excluding hydrogens is 179 g/mol. The maximum Gasteiger partial charge on any atom is 0.323 e. The van der Waals surface area contributed by atoms with E-state index in [1.807, 2.05) is 0 Å². The SMILES string of the molecule is CCOC(=O)[C@@H](N)C[C@@H](F)C(N)=O. The van der Waals surface area contributed by atoms with E-state index in [0.29, 0.717) is 0 Å². The lowest BCUT2D eigenvalue weighted by Crippen LogP contribution is -2.38. The van der Waals surface area contributed by atoms with Gasteiger partial charge in [0.05, 0.1) is 6.61 Å². The lowest BCUT2D eigenvalue weighted by atomic mass is 10.1. The number of primary amides is 1. The Morgan fingerprint density at radius 3 is 2.46 bits per heavy atom. The molecule has 0 bridgehead atoms. The molecule has 0 spiro atoms. The molecule has 2 atom stereocenters. The van der Waals surface area contributed by atoms with Gasteiger partial charge in [0.2, 0.25) is 0 Å². The quantitative estimate of drug-likeness (QED) is 0.551. The van der Waals surface area contributed by atoms with Gasteiger partial charge >= 0.3 is 5.97 Å². The number of amides is 1. The number of nitrogens with two attached hydrogens (primary N) is 2. The minimum atomic E-state index is -1.90. The van der Waals surface area contributed by atoms with Crippen molar-refractivity contribution in [3.63, 3.8) is 0 Å². The molecule has 76 valence electrons. The van der Waals surface area contributed by atoms with E-state index in [1.165, 1.54) is 0 Å². The lowest BCUT2D eigenvalue weighted by Gasteiger charge is -2.11. The normalized spacial score (nSPS) is 14.7. The molecule has 0 aliphatic carbocycles. The van der Waals surface area contributed by atoms with Crippen molar-refractivity contribution in [1.29, 1.82) is 0 Å². The number of esters is 1. The Morgan fingerprint density at radius 1 is 1.54 bits per heavy atom. The third kappa shape index (κ3) is 4.41. The van der Waals surface area contributed by atoms with Crippen molar-refractivity contribution in [1.82, 2.24) is 0 Å². The summed E-state index contributed by atoms with van der Waals surface area (Å²) in [6.45, 7) is 1.77. The minimum absolute atomic E-state index is 0.167. The Balaban J connectivity index is 3.92. The molecule has 0 aromatic heterocycles. The zero-order valence-corrected chi connectivity index (χ0v) is 7.33. The summed E-state index contributed by atoms with van der Waals surface area (Å²) in [6.07, 6.45) is -2.34. The van der Waals surface area contributed by atoms with Gasteiger partial charge in [0.25, 0.3) is 5.91 Å². The molecule has 0 fully saturated rings. The number of hydrogen-bond acceptors (Lipinski definition) is 4. The van der Waals surface area contributed by atoms with Gasteiger partial charge in [-0.25, -0.2) is 4.39 Å². The summed E-state index contributed by atoms with van der Waals surface area (Å²) in [5.74, 6) is -1.86. The zero-order valence-electron chi connectivity index (χ0n) is 7.33. The van der Waals surface area contributed by atoms with E-state index in [9.17, 15) is 14.0 Å². The second kappa shape index (κ2) is 5.47. The van der Waals surface area contributed by atoms with Crippen LogP contribution in [-0.4, -0.2) is 30.7 Å². The highest BCUT2D eigenvalue weighted by Crippen LogP contribution is 2.01. The molecule has 5 nitrogen and oxygen atoms in total. The summed E-state index contributed by atoms with van der Waals surface area (Å²) >= 11 is 0. The molecule has 6 heteroatoms. The maximum absolute atomic E-state index is 12.6. The molecule has 13 heavy (non-hydrogen) atoms. The highest BCUT2D eigenvalue weighted by Gasteiger charge is 2.23. The Kier molecular flexibility index (Phi) is 4.98. The predicted molar refractivity (Wildman–Crippen MR) is 43.3 cm³/mol. The monoisotopic (exact) mass is 192 g/mol. The smallest absolute Gasteiger partial charge is 0.323 e. The first-order valence-electron chi connectivity index (χ1n) is 3.84. The molecular formula is C7H13FN2O3. The third-order valence-electron chi connectivity index (χ3n) is 1.36. The van der Waals surface area contributed by atoms with E-state index in [1.54, 1.807) is 6.92 Å². The summed E-state index contributed by atoms with van der Waals surface area (Å²) in [4.78, 5) is 21.1. The topological polar surface area (TPSA) is 95.4 Å². The average Bonchev–Trinajstić information content (AvgIpc) is 2.04. The van der Waals surface area contributed by atoms with Gasteiger partial charge < -0.3 is 16.2 Å². The largest absolute Gasteiger partial charge is 0.465 e. The summed E-state index contributed by atoms with van der Waals surface area (Å²) in [6, 6.07) is -1.14. The maximum atomic E-state index is 12.6. The fourth-order valence-corrected chi connectivity index (χ4v) is 0.685. The van der Waals surface area contributed by atoms with Gasteiger partial charge in [0.1, 0.15) is 6.04 Å². The molecule has 0 aromatic carbocycles. The number of carbonyl (C=O) groups is 2. The minimum Gasteiger partial charge on any atom is -0.465 e. The zero-order chi connectivity index (χ0) is 10.4. The summed E-state index contributed by atoms with van der Waals surface area (Å²) in [5.41, 5.74) is 9.86. The second-order valence-electron chi connectivity index (χ2n) is 2.46. The summed E-state index contributed by atoms with van der Waals surface area (Å²) < 4.78 is 17.1. The first-order chi connectivity index (χ1) is 5.99. The summed E-state index contributed by atoms with van der Waals surface area (Å²) in [5, 5.41) is 0. The molecule has 0 rings (SSSR count). The van der Waals surface area contributed by atoms with E-state index in [-0.39, 0.29) is 6.61 Å². The van der Waals surface area contributed by atoms with Crippen LogP contribution in [0.4, 0.5) is 4.39 Å². The highest BCUT2D eigenvalue weighted by atomic mass is 19.1. The van der Waals surface area contributed by atoms with Crippen LogP contribution in [0.15, 0.2) is 0 Å². The van der Waals surface area contributed by atoms with Crippen molar-refractivity contribution in [3.05, 3.63) is 0 Å². The number of alkyl halides is 1. The highest BCUT2D eigenvalue weighted by molar-refractivity contribution is 5.81. The van der Waals surface area contributed by atoms with Crippen LogP contribution < -0.4 is 11.5 Å². The van der Waals surface area contributed by atoms with Crippen LogP contribution in [0.2, 0.25) is 0 Å². The van der Waals surface area contributed by atoms with Crippen LogP contribution >= 0.6 is 0 Å². The first kappa shape index (κ1) is 11.8. The van der Waals surface area contributed by atoms with E-state index in [2.05, 4.69) is 10.5 Å². The number of carbonyl (C=O) groups excluding carboxylic acids is 2. The molecule has 0 aromatic rings. The molecule has 4 N–H and O–H groups in total. The van der Waals surface area contributed by atoms with E-state index < -0.39 is 30.5 Å². The lowest BCUT2D eigenvalue weighted by molar-refractivity contribution is -0.145. The van der Waals surface area contributed by atoms with Crippen molar-refractivity contribution >= 4 is 11.9 Å². The molecule has 0 unspecified atom stereocenters. The van der Waals surface area contributed by atoms with E-state index >= 15 is 0 Å². The molecule has 0 aliphatic rings. The van der Waals surface area contributed by atoms with Crippen molar-refractivity contribution in [3.8, 4) is 0 Å². The number of halogens is 1.